The van der Waals surface area contributed by atoms with E-state index in [4.69, 9.17) is 0 Å². The maximum atomic E-state index is 12.1. The first kappa shape index (κ1) is 13.9. The summed E-state index contributed by atoms with van der Waals surface area (Å²) in [4.78, 5) is 12.1. The zero-order valence-corrected chi connectivity index (χ0v) is 12.1. The highest BCUT2D eigenvalue weighted by molar-refractivity contribution is 5.81. The number of fused-ring (bicyclic) bond motifs is 2. The van der Waals surface area contributed by atoms with Crippen molar-refractivity contribution in [2.45, 2.75) is 71.4 Å². The molecule has 0 saturated heterocycles. The Balaban J connectivity index is 2.42. The zero-order valence-electron chi connectivity index (χ0n) is 12.1. The zero-order chi connectivity index (χ0) is 13.6. The molecule has 3 atom stereocenters. The van der Waals surface area contributed by atoms with Gasteiger partial charge in [-0.25, -0.2) is 0 Å². The molecule has 0 spiro atoms. The molecule has 3 nitrogen and oxygen atoms in total. The van der Waals surface area contributed by atoms with Gasteiger partial charge in [0.1, 0.15) is 5.54 Å². The van der Waals surface area contributed by atoms with Crippen LogP contribution >= 0.6 is 0 Å². The van der Waals surface area contributed by atoms with E-state index in [0.717, 1.165) is 25.2 Å². The minimum Gasteiger partial charge on any atom is -0.480 e. The van der Waals surface area contributed by atoms with Crippen LogP contribution in [0.1, 0.15) is 59.8 Å². The summed E-state index contributed by atoms with van der Waals surface area (Å²) in [5, 5.41) is 13.4. The standard InChI is InChI=1S/C15H27NO2/c1-10(2)16-15(13(17)18)12-7-5-6-11(8-12)9-14(15,3)4/h10-12,16H,5-9H2,1-4H3,(H,17,18)/t11-,12?,15?/m1/s1. The van der Waals surface area contributed by atoms with Gasteiger partial charge in [-0.2, -0.15) is 0 Å². The molecule has 0 aromatic heterocycles. The Bertz CT molecular complexity index is 337. The first-order valence-electron chi connectivity index (χ1n) is 7.30. The number of rotatable bonds is 3. The van der Waals surface area contributed by atoms with Crippen molar-refractivity contribution in [2.75, 3.05) is 0 Å². The Morgan fingerprint density at radius 2 is 2.00 bits per heavy atom. The Labute approximate surface area is 110 Å². The second-order valence-electron chi connectivity index (χ2n) is 7.23. The normalized spacial score (nSPS) is 38.7. The van der Waals surface area contributed by atoms with E-state index in [1.54, 1.807) is 0 Å². The lowest BCUT2D eigenvalue weighted by Crippen LogP contribution is -2.70. The van der Waals surface area contributed by atoms with Crippen LogP contribution in [-0.4, -0.2) is 22.7 Å². The molecule has 0 heterocycles. The first-order valence-corrected chi connectivity index (χ1v) is 7.30. The van der Waals surface area contributed by atoms with E-state index in [1.807, 2.05) is 0 Å². The predicted molar refractivity (Wildman–Crippen MR) is 72.5 cm³/mol. The van der Waals surface area contributed by atoms with Crippen LogP contribution < -0.4 is 5.32 Å². The number of hydrogen-bond donors (Lipinski definition) is 2. The number of carboxylic acid groups (broad SMARTS) is 1. The summed E-state index contributed by atoms with van der Waals surface area (Å²) in [6.45, 7) is 8.38. The number of carbonyl (C=O) groups is 1. The van der Waals surface area contributed by atoms with Gasteiger partial charge in [0.2, 0.25) is 0 Å². The molecule has 104 valence electrons. The SMILES string of the molecule is CC(C)NC1(C(=O)O)C2CCC[C@H](C2)CC1(C)C. The van der Waals surface area contributed by atoms with Gasteiger partial charge >= 0.3 is 5.97 Å². The first-order chi connectivity index (χ1) is 8.29. The molecule has 2 rings (SSSR count). The second kappa shape index (κ2) is 4.52. The average Bonchev–Trinajstić information content (AvgIpc) is 2.23. The molecule has 2 unspecified atom stereocenters. The fraction of sp³-hybridized carbons (Fsp3) is 0.933. The Hall–Kier alpha value is -0.570. The average molecular weight is 253 g/mol. The number of nitrogens with one attached hydrogen (secondary N) is 1. The van der Waals surface area contributed by atoms with Gasteiger partial charge in [0.25, 0.3) is 0 Å². The molecule has 2 saturated carbocycles. The van der Waals surface area contributed by atoms with Crippen molar-refractivity contribution in [3.8, 4) is 0 Å². The van der Waals surface area contributed by atoms with Crippen molar-refractivity contribution in [2.24, 2.45) is 17.3 Å². The van der Waals surface area contributed by atoms with E-state index >= 15 is 0 Å². The summed E-state index contributed by atoms with van der Waals surface area (Å²) in [6.07, 6.45) is 5.68. The second-order valence-corrected chi connectivity index (χ2v) is 7.23. The molecule has 0 aliphatic heterocycles. The Morgan fingerprint density at radius 1 is 1.33 bits per heavy atom. The third kappa shape index (κ3) is 1.97. The maximum absolute atomic E-state index is 12.1. The predicted octanol–water partition coefficient (Wildman–Crippen LogP) is 3.04. The minimum atomic E-state index is -0.738. The van der Waals surface area contributed by atoms with E-state index in [-0.39, 0.29) is 11.5 Å². The summed E-state index contributed by atoms with van der Waals surface area (Å²) >= 11 is 0. The number of hydrogen-bond acceptors (Lipinski definition) is 2. The van der Waals surface area contributed by atoms with Crippen LogP contribution in [0, 0.1) is 17.3 Å². The van der Waals surface area contributed by atoms with Crippen LogP contribution in [0.25, 0.3) is 0 Å². The highest BCUT2D eigenvalue weighted by atomic mass is 16.4. The fourth-order valence-electron chi connectivity index (χ4n) is 4.60. The molecular formula is C15H27NO2. The lowest BCUT2D eigenvalue weighted by molar-refractivity contribution is -0.163. The molecule has 3 heteroatoms. The van der Waals surface area contributed by atoms with Gasteiger partial charge in [0.05, 0.1) is 0 Å². The van der Waals surface area contributed by atoms with E-state index in [9.17, 15) is 9.90 Å². The monoisotopic (exact) mass is 253 g/mol. The topological polar surface area (TPSA) is 49.3 Å². The van der Waals surface area contributed by atoms with Crippen LogP contribution in [0.4, 0.5) is 0 Å². The molecule has 18 heavy (non-hydrogen) atoms. The molecule has 2 aliphatic carbocycles. The quantitative estimate of drug-likeness (QED) is 0.812. The van der Waals surface area contributed by atoms with Gasteiger partial charge in [0.15, 0.2) is 0 Å². The highest BCUT2D eigenvalue weighted by Gasteiger charge is 2.60. The summed E-state index contributed by atoms with van der Waals surface area (Å²) in [7, 11) is 0. The third-order valence-corrected chi connectivity index (χ3v) is 5.12. The molecule has 2 aliphatic rings. The molecule has 2 bridgehead atoms. The largest absolute Gasteiger partial charge is 0.480 e. The smallest absolute Gasteiger partial charge is 0.324 e. The summed E-state index contributed by atoms with van der Waals surface area (Å²) < 4.78 is 0. The fourth-order valence-corrected chi connectivity index (χ4v) is 4.60. The molecule has 0 amide bonds. The van der Waals surface area contributed by atoms with E-state index in [1.165, 1.54) is 12.8 Å². The number of carboxylic acids is 1. The van der Waals surface area contributed by atoms with E-state index in [2.05, 4.69) is 33.0 Å². The van der Waals surface area contributed by atoms with E-state index in [0.29, 0.717) is 5.92 Å². The van der Waals surface area contributed by atoms with Gasteiger partial charge < -0.3 is 5.11 Å². The van der Waals surface area contributed by atoms with E-state index < -0.39 is 11.5 Å². The van der Waals surface area contributed by atoms with Gasteiger partial charge in [-0.3, -0.25) is 10.1 Å². The van der Waals surface area contributed by atoms with Crippen molar-refractivity contribution < 1.29 is 9.90 Å². The van der Waals surface area contributed by atoms with Crippen molar-refractivity contribution in [3.05, 3.63) is 0 Å². The maximum Gasteiger partial charge on any atom is 0.324 e. The third-order valence-electron chi connectivity index (χ3n) is 5.12. The summed E-state index contributed by atoms with van der Waals surface area (Å²) in [5.74, 6) is 0.381. The molecular weight excluding hydrogens is 226 g/mol. The molecule has 0 aromatic carbocycles. The van der Waals surface area contributed by atoms with Gasteiger partial charge in [-0.05, 0) is 50.4 Å². The summed E-state index contributed by atoms with van der Waals surface area (Å²) in [5.41, 5.74) is -0.908. The Morgan fingerprint density at radius 3 is 2.56 bits per heavy atom. The van der Waals surface area contributed by atoms with Crippen LogP contribution in [-0.2, 0) is 4.79 Å². The van der Waals surface area contributed by atoms with Gasteiger partial charge in [-0.1, -0.05) is 26.7 Å². The highest BCUT2D eigenvalue weighted by Crippen LogP contribution is 2.54. The number of aliphatic carboxylic acids is 1. The summed E-state index contributed by atoms with van der Waals surface area (Å²) in [6, 6.07) is 0.207. The van der Waals surface area contributed by atoms with Crippen molar-refractivity contribution in [1.82, 2.24) is 5.32 Å². The molecule has 0 radical (unpaired) electrons. The molecule has 2 N–H and O–H groups in total. The van der Waals surface area contributed by atoms with Crippen LogP contribution in [0.3, 0.4) is 0 Å². The van der Waals surface area contributed by atoms with Crippen LogP contribution in [0.2, 0.25) is 0 Å². The van der Waals surface area contributed by atoms with Crippen molar-refractivity contribution in [3.63, 3.8) is 0 Å². The van der Waals surface area contributed by atoms with Crippen molar-refractivity contribution >= 4 is 5.97 Å². The lowest BCUT2D eigenvalue weighted by atomic mass is 9.51. The van der Waals surface area contributed by atoms with Gasteiger partial charge in [-0.15, -0.1) is 0 Å². The molecule has 2 fully saturated rings. The minimum absolute atomic E-state index is 0.170. The lowest BCUT2D eigenvalue weighted by Gasteiger charge is -2.57. The van der Waals surface area contributed by atoms with Gasteiger partial charge in [0, 0.05) is 6.04 Å². The van der Waals surface area contributed by atoms with Crippen LogP contribution in [0.5, 0.6) is 0 Å². The van der Waals surface area contributed by atoms with Crippen molar-refractivity contribution in [1.29, 1.82) is 0 Å². The molecule has 0 aromatic rings. The van der Waals surface area contributed by atoms with Crippen LogP contribution in [0.15, 0.2) is 0 Å². The Kier molecular flexibility index (Phi) is 3.48.